The lowest BCUT2D eigenvalue weighted by Gasteiger charge is -2.60. The normalized spacial score (nSPS) is 29.9. The van der Waals surface area contributed by atoms with E-state index in [1.54, 1.807) is 7.11 Å². The zero-order chi connectivity index (χ0) is 23.8. The van der Waals surface area contributed by atoms with Crippen LogP contribution in [0.2, 0.25) is 0 Å². The molecule has 0 unspecified atom stereocenters. The van der Waals surface area contributed by atoms with E-state index in [1.807, 2.05) is 12.1 Å². The summed E-state index contributed by atoms with van der Waals surface area (Å²) in [7, 11) is 1.70. The number of rotatable bonds is 8. The van der Waals surface area contributed by atoms with Gasteiger partial charge in [0.2, 0.25) is 11.8 Å². The second-order valence-corrected chi connectivity index (χ2v) is 12.4. The number of methoxy groups -OCH3 is 1. The largest absolute Gasteiger partial charge is 0.497 e. The van der Waals surface area contributed by atoms with Crippen LogP contribution in [0.4, 0.5) is 0 Å². The van der Waals surface area contributed by atoms with Gasteiger partial charge in [0.05, 0.1) is 12.9 Å². The van der Waals surface area contributed by atoms with Gasteiger partial charge in [0.25, 0.3) is 5.22 Å². The molecule has 1 aromatic heterocycles. The molecule has 0 atom stereocenters. The van der Waals surface area contributed by atoms with Crippen molar-refractivity contribution >= 4 is 17.7 Å². The maximum Gasteiger partial charge on any atom is 0.277 e. The maximum absolute atomic E-state index is 13.9. The molecule has 5 fully saturated rings. The molecule has 7 heteroatoms. The van der Waals surface area contributed by atoms with Gasteiger partial charge in [-0.05, 0) is 86.8 Å². The highest BCUT2D eigenvalue weighted by Gasteiger charge is 2.54. The summed E-state index contributed by atoms with van der Waals surface area (Å²) >= 11 is 1.41. The van der Waals surface area contributed by atoms with E-state index in [4.69, 9.17) is 9.15 Å². The molecule has 0 radical (unpaired) electrons. The first kappa shape index (κ1) is 23.4. The van der Waals surface area contributed by atoms with Crippen LogP contribution < -0.4 is 4.74 Å². The number of hydrogen-bond donors (Lipinski definition) is 0. The molecule has 1 amide bonds. The number of ether oxygens (including phenoxy) is 1. The smallest absolute Gasteiger partial charge is 0.277 e. The highest BCUT2D eigenvalue weighted by atomic mass is 32.2. The van der Waals surface area contributed by atoms with Gasteiger partial charge in [-0.25, -0.2) is 0 Å². The molecular formula is C28H37N3O3S. The molecule has 1 heterocycles. The zero-order valence-corrected chi connectivity index (χ0v) is 21.6. The summed E-state index contributed by atoms with van der Waals surface area (Å²) in [6.45, 7) is 0.639. The second-order valence-electron chi connectivity index (χ2n) is 11.5. The fourth-order valence-corrected chi connectivity index (χ4v) is 8.51. The first-order valence-electron chi connectivity index (χ1n) is 13.5. The van der Waals surface area contributed by atoms with E-state index in [0.29, 0.717) is 23.4 Å². The van der Waals surface area contributed by atoms with Crippen LogP contribution in [0.3, 0.4) is 0 Å². The lowest BCUT2D eigenvalue weighted by atomic mass is 9.52. The first-order valence-corrected chi connectivity index (χ1v) is 14.5. The Kier molecular flexibility index (Phi) is 6.54. The van der Waals surface area contributed by atoms with E-state index in [9.17, 15) is 4.79 Å². The van der Waals surface area contributed by atoms with E-state index in [1.165, 1.54) is 50.3 Å². The minimum atomic E-state index is -0.00241. The van der Waals surface area contributed by atoms with Gasteiger partial charge in [0.15, 0.2) is 0 Å². The number of hydrogen-bond acceptors (Lipinski definition) is 6. The molecule has 4 bridgehead atoms. The second kappa shape index (κ2) is 9.79. The van der Waals surface area contributed by atoms with E-state index < -0.39 is 0 Å². The number of carbonyl (C=O) groups excluding carboxylic acids is 1. The Morgan fingerprint density at radius 2 is 1.80 bits per heavy atom. The Hall–Kier alpha value is -2.02. The highest BCUT2D eigenvalue weighted by molar-refractivity contribution is 7.99. The number of aromatic nitrogens is 2. The number of nitrogens with zero attached hydrogens (tertiary/aromatic N) is 3. The van der Waals surface area contributed by atoms with Crippen molar-refractivity contribution in [3.63, 3.8) is 0 Å². The molecule has 188 valence electrons. The lowest BCUT2D eigenvalue weighted by Crippen LogP contribution is -2.61. The molecular weight excluding hydrogens is 458 g/mol. The summed E-state index contributed by atoms with van der Waals surface area (Å²) < 4.78 is 11.5. The highest BCUT2D eigenvalue weighted by Crippen LogP contribution is 2.58. The first-order chi connectivity index (χ1) is 17.1. The summed E-state index contributed by atoms with van der Waals surface area (Å²) in [4.78, 5) is 16.1. The monoisotopic (exact) mass is 495 g/mol. The maximum atomic E-state index is 13.9. The number of thioether (sulfide) groups is 1. The van der Waals surface area contributed by atoms with E-state index in [0.717, 1.165) is 67.1 Å². The number of benzene rings is 1. The predicted octanol–water partition coefficient (Wildman–Crippen LogP) is 6.22. The van der Waals surface area contributed by atoms with Crippen LogP contribution in [0.1, 0.15) is 88.0 Å². The average Bonchev–Trinajstić information content (AvgIpc) is 3.35. The minimum Gasteiger partial charge on any atom is -0.497 e. The Labute approximate surface area is 212 Å². The van der Waals surface area contributed by atoms with Crippen molar-refractivity contribution in [1.29, 1.82) is 0 Å². The molecule has 5 saturated carbocycles. The van der Waals surface area contributed by atoms with E-state index >= 15 is 0 Å². The average molecular weight is 496 g/mol. The molecule has 0 N–H and O–H groups in total. The quantitative estimate of drug-likeness (QED) is 0.405. The van der Waals surface area contributed by atoms with Crippen molar-refractivity contribution in [2.24, 2.45) is 17.8 Å². The van der Waals surface area contributed by atoms with Crippen molar-refractivity contribution in [2.75, 3.05) is 12.9 Å². The minimum absolute atomic E-state index is 0.00241. The van der Waals surface area contributed by atoms with Crippen molar-refractivity contribution < 1.29 is 13.9 Å². The van der Waals surface area contributed by atoms with Crippen LogP contribution in [-0.4, -0.2) is 39.4 Å². The van der Waals surface area contributed by atoms with Crippen LogP contribution in [0, 0.1) is 17.8 Å². The number of amides is 1. The van der Waals surface area contributed by atoms with Gasteiger partial charge in [0, 0.05) is 18.0 Å². The SMILES string of the molecule is COc1cccc(CN(C(=O)CSc2nnc(C3CCCCC3)o2)C23CC4CC(CC(C4)C2)C3)c1. The zero-order valence-electron chi connectivity index (χ0n) is 20.8. The molecule has 6 nitrogen and oxygen atoms in total. The molecule has 2 aromatic rings. The van der Waals surface area contributed by atoms with E-state index in [2.05, 4.69) is 27.2 Å². The van der Waals surface area contributed by atoms with Crippen LogP contribution >= 0.6 is 11.8 Å². The Bertz CT molecular complexity index is 1010. The lowest BCUT2D eigenvalue weighted by molar-refractivity contribution is -0.149. The van der Waals surface area contributed by atoms with Gasteiger partial charge < -0.3 is 14.1 Å². The van der Waals surface area contributed by atoms with Crippen molar-refractivity contribution in [1.82, 2.24) is 15.1 Å². The molecule has 1 aromatic carbocycles. The Morgan fingerprint density at radius 3 is 2.49 bits per heavy atom. The summed E-state index contributed by atoms with van der Waals surface area (Å²) in [5.74, 6) is 4.87. The Balaban J connectivity index is 1.20. The Morgan fingerprint density at radius 1 is 1.09 bits per heavy atom. The van der Waals surface area contributed by atoms with Crippen LogP contribution in [0.15, 0.2) is 33.9 Å². The van der Waals surface area contributed by atoms with Gasteiger partial charge in [-0.15, -0.1) is 10.2 Å². The summed E-state index contributed by atoms with van der Waals surface area (Å²) in [5.41, 5.74) is 1.13. The summed E-state index contributed by atoms with van der Waals surface area (Å²) in [6, 6.07) is 8.18. The van der Waals surface area contributed by atoms with Gasteiger partial charge in [-0.1, -0.05) is 43.2 Å². The molecule has 0 spiro atoms. The molecule has 5 aliphatic rings. The van der Waals surface area contributed by atoms with Gasteiger partial charge >= 0.3 is 0 Å². The fourth-order valence-electron chi connectivity index (χ4n) is 7.86. The number of carbonyl (C=O) groups is 1. The standard InChI is InChI=1S/C28H37N3O3S/c1-33-24-9-5-6-19(13-24)17-31(28-14-20-10-21(15-28)12-22(11-20)16-28)25(32)18-35-27-30-29-26(34-27)23-7-3-2-4-8-23/h5-6,9,13,20-23H,2-4,7-8,10-12,14-18H2,1H3. The molecule has 0 aliphatic heterocycles. The molecule has 5 aliphatic carbocycles. The van der Waals surface area contributed by atoms with Crippen LogP contribution in [-0.2, 0) is 11.3 Å². The molecule has 35 heavy (non-hydrogen) atoms. The molecule has 0 saturated heterocycles. The third-order valence-electron chi connectivity index (χ3n) is 9.05. The molecule has 7 rings (SSSR count). The topological polar surface area (TPSA) is 68.5 Å². The summed E-state index contributed by atoms with van der Waals surface area (Å²) in [5, 5.41) is 9.14. The van der Waals surface area contributed by atoms with Crippen molar-refractivity contribution in [2.45, 2.75) is 93.9 Å². The third kappa shape index (κ3) is 4.85. The van der Waals surface area contributed by atoms with Gasteiger partial charge in [-0.3, -0.25) is 4.79 Å². The third-order valence-corrected chi connectivity index (χ3v) is 9.85. The van der Waals surface area contributed by atoms with Gasteiger partial charge in [0.1, 0.15) is 5.75 Å². The van der Waals surface area contributed by atoms with Gasteiger partial charge in [-0.2, -0.15) is 0 Å². The summed E-state index contributed by atoms with van der Waals surface area (Å²) in [6.07, 6.45) is 13.6. The fraction of sp³-hybridized carbons (Fsp3) is 0.679. The van der Waals surface area contributed by atoms with Crippen LogP contribution in [0.25, 0.3) is 0 Å². The van der Waals surface area contributed by atoms with Crippen LogP contribution in [0.5, 0.6) is 5.75 Å². The van der Waals surface area contributed by atoms with E-state index in [-0.39, 0.29) is 11.4 Å². The predicted molar refractivity (Wildman–Crippen MR) is 135 cm³/mol. The van der Waals surface area contributed by atoms with Crippen molar-refractivity contribution in [3.05, 3.63) is 35.7 Å². The van der Waals surface area contributed by atoms with Crippen molar-refractivity contribution in [3.8, 4) is 5.75 Å².